The van der Waals surface area contributed by atoms with E-state index >= 15 is 0 Å². The van der Waals surface area contributed by atoms with Crippen molar-refractivity contribution in [1.82, 2.24) is 10.2 Å². The molecule has 1 N–H and O–H groups in total. The average Bonchev–Trinajstić information content (AvgIpc) is 2.57. The van der Waals surface area contributed by atoms with Gasteiger partial charge in [0, 0.05) is 16.6 Å². The van der Waals surface area contributed by atoms with Crippen molar-refractivity contribution < 1.29 is 4.79 Å². The summed E-state index contributed by atoms with van der Waals surface area (Å²) in [5.41, 5.74) is 0.168. The van der Waals surface area contributed by atoms with Gasteiger partial charge < -0.3 is 10.2 Å². The predicted molar refractivity (Wildman–Crippen MR) is 82.3 cm³/mol. The minimum absolute atomic E-state index is 0.0134. The van der Waals surface area contributed by atoms with Gasteiger partial charge in [-0.3, -0.25) is 4.79 Å². The lowest BCUT2D eigenvalue weighted by Crippen LogP contribution is -2.57. The van der Waals surface area contributed by atoms with Gasteiger partial charge in [0.15, 0.2) is 0 Å². The van der Waals surface area contributed by atoms with Crippen molar-refractivity contribution >= 4 is 49.1 Å². The first-order valence-corrected chi connectivity index (χ1v) is 8.25. The van der Waals surface area contributed by atoms with Crippen LogP contribution >= 0.6 is 43.2 Å². The van der Waals surface area contributed by atoms with Gasteiger partial charge >= 0.3 is 0 Å². The second kappa shape index (κ2) is 5.61. The number of likely N-dealkylation sites (N-methyl/N-ethyl adjacent to an activating group) is 1. The normalized spacial score (nSPS) is 17.6. The summed E-state index contributed by atoms with van der Waals surface area (Å²) in [5, 5.41) is 3.05. The average molecular weight is 396 g/mol. The second-order valence-corrected chi connectivity index (χ2v) is 8.11. The van der Waals surface area contributed by atoms with Crippen molar-refractivity contribution in [2.45, 2.75) is 24.8 Å². The minimum atomic E-state index is 0.0134. The molecule has 6 heteroatoms. The lowest BCUT2D eigenvalue weighted by molar-refractivity contribution is 0.0559. The van der Waals surface area contributed by atoms with E-state index in [1.165, 1.54) is 17.8 Å². The Hall–Kier alpha value is 0.0900. The molecule has 1 saturated carbocycles. The maximum Gasteiger partial charge on any atom is 0.261 e. The van der Waals surface area contributed by atoms with Crippen LogP contribution in [0.15, 0.2) is 14.3 Å². The quantitative estimate of drug-likeness (QED) is 0.846. The summed E-state index contributed by atoms with van der Waals surface area (Å²) in [5.74, 6) is 0.0134. The van der Waals surface area contributed by atoms with Crippen molar-refractivity contribution in [3.8, 4) is 0 Å². The summed E-state index contributed by atoms with van der Waals surface area (Å²) in [6.07, 6.45) is 3.58. The molecule has 2 rings (SSSR count). The highest BCUT2D eigenvalue weighted by molar-refractivity contribution is 9.13. The zero-order valence-corrected chi connectivity index (χ0v) is 14.4. The van der Waals surface area contributed by atoms with E-state index in [0.717, 1.165) is 32.5 Å². The molecule has 0 radical (unpaired) electrons. The third-order valence-corrected chi connectivity index (χ3v) is 6.93. The van der Waals surface area contributed by atoms with Crippen LogP contribution in [0.5, 0.6) is 0 Å². The molecule has 1 heterocycles. The van der Waals surface area contributed by atoms with Crippen molar-refractivity contribution in [3.05, 3.63) is 19.2 Å². The number of nitrogens with zero attached hydrogens (tertiary/aromatic N) is 1. The maximum absolute atomic E-state index is 12.1. The molecule has 0 unspecified atom stereocenters. The molecule has 1 aliphatic rings. The first-order chi connectivity index (χ1) is 8.44. The largest absolute Gasteiger partial charge is 0.349 e. The highest BCUT2D eigenvalue weighted by Gasteiger charge is 2.39. The molecule has 1 aromatic rings. The van der Waals surface area contributed by atoms with Gasteiger partial charge in [-0.05, 0) is 71.3 Å². The highest BCUT2D eigenvalue weighted by Crippen LogP contribution is 2.36. The van der Waals surface area contributed by atoms with Crippen LogP contribution in [0.1, 0.15) is 28.9 Å². The lowest BCUT2D eigenvalue weighted by atomic mass is 9.75. The summed E-state index contributed by atoms with van der Waals surface area (Å²) in [4.78, 5) is 15.0. The van der Waals surface area contributed by atoms with Gasteiger partial charge in [0.1, 0.15) is 0 Å². The first kappa shape index (κ1) is 14.5. The summed E-state index contributed by atoms with van der Waals surface area (Å²) in [6.45, 7) is 0.728. The lowest BCUT2D eigenvalue weighted by Gasteiger charge is -2.47. The van der Waals surface area contributed by atoms with Crippen molar-refractivity contribution in [1.29, 1.82) is 0 Å². The van der Waals surface area contributed by atoms with E-state index in [4.69, 9.17) is 0 Å². The maximum atomic E-state index is 12.1. The van der Waals surface area contributed by atoms with Crippen LogP contribution < -0.4 is 5.32 Å². The Morgan fingerprint density at radius 2 is 2.17 bits per heavy atom. The van der Waals surface area contributed by atoms with Gasteiger partial charge in [-0.2, -0.15) is 0 Å². The molecule has 1 amide bonds. The molecule has 0 spiro atoms. The summed E-state index contributed by atoms with van der Waals surface area (Å²) in [7, 11) is 4.17. The first-order valence-electron chi connectivity index (χ1n) is 5.85. The van der Waals surface area contributed by atoms with E-state index in [1.54, 1.807) is 0 Å². The SMILES string of the molecule is CN(C)C1(CNC(=O)c2cc(Br)c(Br)s2)CCC1. The third kappa shape index (κ3) is 2.81. The number of rotatable bonds is 4. The zero-order valence-electron chi connectivity index (χ0n) is 10.4. The Morgan fingerprint density at radius 3 is 2.56 bits per heavy atom. The Bertz CT molecular complexity index is 435. The summed E-state index contributed by atoms with van der Waals surface area (Å²) < 4.78 is 1.89. The topological polar surface area (TPSA) is 32.3 Å². The number of amides is 1. The van der Waals surface area contributed by atoms with E-state index < -0.39 is 0 Å². The molecule has 0 atom stereocenters. The van der Waals surface area contributed by atoms with Crippen LogP contribution in [0.2, 0.25) is 0 Å². The van der Waals surface area contributed by atoms with Gasteiger partial charge in [0.05, 0.1) is 8.66 Å². The molecule has 100 valence electrons. The Morgan fingerprint density at radius 1 is 1.50 bits per heavy atom. The Labute approximate surface area is 128 Å². The number of nitrogens with one attached hydrogen (secondary N) is 1. The third-order valence-electron chi connectivity index (χ3n) is 3.68. The molecule has 1 aromatic heterocycles. The standard InChI is InChI=1S/C12H16Br2N2OS/c1-16(2)12(4-3-5-12)7-15-11(17)9-6-8(13)10(14)18-9/h6H,3-5,7H2,1-2H3,(H,15,17). The van der Waals surface area contributed by atoms with Gasteiger partial charge in [0.2, 0.25) is 0 Å². The molecule has 0 saturated heterocycles. The summed E-state index contributed by atoms with van der Waals surface area (Å²) in [6, 6.07) is 1.85. The number of halogens is 2. The molecule has 0 aliphatic heterocycles. The second-order valence-electron chi connectivity index (χ2n) is 4.89. The van der Waals surface area contributed by atoms with E-state index in [1.807, 2.05) is 6.07 Å². The number of carbonyl (C=O) groups is 1. The Balaban J connectivity index is 1.96. The van der Waals surface area contributed by atoms with Crippen molar-refractivity contribution in [2.75, 3.05) is 20.6 Å². The number of carbonyl (C=O) groups excluding carboxylic acids is 1. The molecular formula is C12H16Br2N2OS. The van der Waals surface area contributed by atoms with Crippen LogP contribution in [0.4, 0.5) is 0 Å². The van der Waals surface area contributed by atoms with Gasteiger partial charge in [-0.15, -0.1) is 11.3 Å². The fourth-order valence-corrected chi connectivity index (χ4v) is 4.11. The van der Waals surface area contributed by atoms with E-state index in [-0.39, 0.29) is 11.4 Å². The molecule has 3 nitrogen and oxygen atoms in total. The smallest absolute Gasteiger partial charge is 0.261 e. The molecule has 1 fully saturated rings. The Kier molecular flexibility index (Phi) is 4.52. The van der Waals surface area contributed by atoms with E-state index in [9.17, 15) is 4.79 Å². The van der Waals surface area contributed by atoms with Crippen LogP contribution in [0.25, 0.3) is 0 Å². The molecule has 0 aromatic carbocycles. The number of hydrogen-bond donors (Lipinski definition) is 1. The molecule has 18 heavy (non-hydrogen) atoms. The molecular weight excluding hydrogens is 380 g/mol. The van der Waals surface area contributed by atoms with Gasteiger partial charge in [-0.25, -0.2) is 0 Å². The van der Waals surface area contributed by atoms with Crippen LogP contribution in [-0.4, -0.2) is 37.0 Å². The van der Waals surface area contributed by atoms with Crippen molar-refractivity contribution in [2.24, 2.45) is 0 Å². The van der Waals surface area contributed by atoms with Crippen LogP contribution in [0, 0.1) is 0 Å². The predicted octanol–water partition coefficient (Wildman–Crippen LogP) is 3.49. The number of thiophene rings is 1. The van der Waals surface area contributed by atoms with E-state index in [0.29, 0.717) is 0 Å². The van der Waals surface area contributed by atoms with Crippen LogP contribution in [-0.2, 0) is 0 Å². The van der Waals surface area contributed by atoms with Crippen LogP contribution in [0.3, 0.4) is 0 Å². The zero-order chi connectivity index (χ0) is 13.3. The molecule has 1 aliphatic carbocycles. The van der Waals surface area contributed by atoms with Gasteiger partial charge in [-0.1, -0.05) is 0 Å². The monoisotopic (exact) mass is 394 g/mol. The summed E-state index contributed by atoms with van der Waals surface area (Å²) >= 11 is 8.26. The number of hydrogen-bond acceptors (Lipinski definition) is 3. The van der Waals surface area contributed by atoms with E-state index in [2.05, 4.69) is 56.2 Å². The highest BCUT2D eigenvalue weighted by atomic mass is 79.9. The fraction of sp³-hybridized carbons (Fsp3) is 0.583. The minimum Gasteiger partial charge on any atom is -0.349 e. The fourth-order valence-electron chi connectivity index (χ4n) is 2.16. The van der Waals surface area contributed by atoms with Gasteiger partial charge in [0.25, 0.3) is 5.91 Å². The van der Waals surface area contributed by atoms with Crippen molar-refractivity contribution in [3.63, 3.8) is 0 Å². The molecule has 0 bridgehead atoms.